The van der Waals surface area contributed by atoms with Gasteiger partial charge in [-0.1, -0.05) is 29.9 Å². The van der Waals surface area contributed by atoms with E-state index in [4.69, 9.17) is 5.84 Å². The lowest BCUT2D eigenvalue weighted by Gasteiger charge is -2.05. The highest BCUT2D eigenvalue weighted by atomic mass is 32.2. The number of rotatable bonds is 6. The number of hydrazine groups is 1. The highest BCUT2D eigenvalue weighted by molar-refractivity contribution is 7.98. The molecule has 1 rings (SSSR count). The van der Waals surface area contributed by atoms with Gasteiger partial charge in [0, 0.05) is 11.5 Å². The van der Waals surface area contributed by atoms with Crippen molar-refractivity contribution in [2.75, 3.05) is 5.75 Å². The summed E-state index contributed by atoms with van der Waals surface area (Å²) in [6.07, 6.45) is 0.362. The molecule has 0 heterocycles. The maximum Gasteiger partial charge on any atom is 0.327 e. The van der Waals surface area contributed by atoms with Crippen molar-refractivity contribution in [1.82, 2.24) is 5.59 Å². The van der Waals surface area contributed by atoms with Gasteiger partial charge in [-0.3, -0.25) is 4.79 Å². The van der Waals surface area contributed by atoms with E-state index in [2.05, 4.69) is 23.9 Å². The molecule has 16 heavy (non-hydrogen) atoms. The first-order chi connectivity index (χ1) is 7.74. The molecule has 0 fully saturated rings. The van der Waals surface area contributed by atoms with Crippen LogP contribution in [-0.2, 0) is 15.4 Å². The number of thioether (sulfide) groups is 1. The zero-order valence-electron chi connectivity index (χ0n) is 9.23. The molecule has 0 saturated heterocycles. The van der Waals surface area contributed by atoms with Gasteiger partial charge in [-0.25, -0.2) is 5.84 Å². The van der Waals surface area contributed by atoms with Crippen LogP contribution in [0.2, 0.25) is 0 Å². The fourth-order valence-electron chi connectivity index (χ4n) is 1.23. The van der Waals surface area contributed by atoms with Crippen LogP contribution in [0.15, 0.2) is 24.3 Å². The molecule has 1 aromatic carbocycles. The zero-order chi connectivity index (χ0) is 11.8. The Morgan fingerprint density at radius 3 is 2.94 bits per heavy atom. The standard InChI is InChI=1S/C11H16N2O2S/c1-9-4-2-3-5-10(9)8-16-7-6-11(14)15-13-12/h2-5,13H,6-8,12H2,1H3. The number of nitrogens with two attached hydrogens (primary N) is 1. The lowest BCUT2D eigenvalue weighted by atomic mass is 10.1. The Bertz CT molecular complexity index is 345. The van der Waals surface area contributed by atoms with Crippen molar-refractivity contribution in [3.8, 4) is 0 Å². The Balaban J connectivity index is 2.21. The SMILES string of the molecule is Cc1ccccc1CSCCC(=O)ONN. The predicted molar refractivity (Wildman–Crippen MR) is 65.4 cm³/mol. The van der Waals surface area contributed by atoms with Crippen molar-refractivity contribution in [3.05, 3.63) is 35.4 Å². The fraction of sp³-hybridized carbons (Fsp3) is 0.364. The van der Waals surface area contributed by atoms with E-state index < -0.39 is 0 Å². The molecule has 0 spiro atoms. The number of carbonyl (C=O) groups excluding carboxylic acids is 1. The lowest BCUT2D eigenvalue weighted by Crippen LogP contribution is -2.26. The molecule has 0 unspecified atom stereocenters. The normalized spacial score (nSPS) is 10.1. The molecular weight excluding hydrogens is 224 g/mol. The molecule has 1 aromatic rings. The highest BCUT2D eigenvalue weighted by Gasteiger charge is 2.02. The van der Waals surface area contributed by atoms with E-state index in [1.54, 1.807) is 11.8 Å². The highest BCUT2D eigenvalue weighted by Crippen LogP contribution is 2.16. The van der Waals surface area contributed by atoms with Gasteiger partial charge >= 0.3 is 5.97 Å². The number of hydrogen-bond acceptors (Lipinski definition) is 5. The van der Waals surface area contributed by atoms with E-state index in [1.165, 1.54) is 11.1 Å². The van der Waals surface area contributed by atoms with Crippen molar-refractivity contribution in [2.24, 2.45) is 5.84 Å². The fourth-order valence-corrected chi connectivity index (χ4v) is 2.23. The third kappa shape index (κ3) is 4.65. The second-order valence-electron chi connectivity index (χ2n) is 3.32. The number of nitrogens with one attached hydrogen (secondary N) is 1. The molecule has 3 N–H and O–H groups in total. The summed E-state index contributed by atoms with van der Waals surface area (Å²) >= 11 is 1.71. The van der Waals surface area contributed by atoms with Gasteiger partial charge in [0.05, 0.1) is 6.42 Å². The molecule has 0 aliphatic rings. The van der Waals surface area contributed by atoms with Crippen molar-refractivity contribution in [2.45, 2.75) is 19.1 Å². The van der Waals surface area contributed by atoms with Gasteiger partial charge in [-0.2, -0.15) is 11.8 Å². The van der Waals surface area contributed by atoms with Crippen LogP contribution in [0.3, 0.4) is 0 Å². The molecular formula is C11H16N2O2S. The Kier molecular flexibility index (Phi) is 5.92. The summed E-state index contributed by atoms with van der Waals surface area (Å²) in [6.45, 7) is 2.09. The van der Waals surface area contributed by atoms with Crippen LogP contribution in [0.25, 0.3) is 0 Å². The molecule has 0 amide bonds. The second kappa shape index (κ2) is 7.27. The maximum absolute atomic E-state index is 10.9. The third-order valence-electron chi connectivity index (χ3n) is 2.14. The minimum absolute atomic E-state index is 0.334. The van der Waals surface area contributed by atoms with Crippen molar-refractivity contribution < 1.29 is 9.63 Å². The van der Waals surface area contributed by atoms with Crippen LogP contribution >= 0.6 is 11.8 Å². The molecule has 0 radical (unpaired) electrons. The number of carbonyl (C=O) groups is 1. The minimum Gasteiger partial charge on any atom is -0.356 e. The van der Waals surface area contributed by atoms with Crippen LogP contribution in [0.1, 0.15) is 17.5 Å². The molecule has 5 heteroatoms. The molecule has 0 aromatic heterocycles. The molecule has 0 saturated carbocycles. The summed E-state index contributed by atoms with van der Waals surface area (Å²) in [6, 6.07) is 8.23. The van der Waals surface area contributed by atoms with E-state index in [1.807, 2.05) is 17.7 Å². The van der Waals surface area contributed by atoms with Gasteiger partial charge < -0.3 is 4.84 Å². The first-order valence-corrected chi connectivity index (χ1v) is 6.17. The van der Waals surface area contributed by atoms with Gasteiger partial charge in [0.25, 0.3) is 0 Å². The van der Waals surface area contributed by atoms with Gasteiger partial charge in [0.1, 0.15) is 0 Å². The van der Waals surface area contributed by atoms with E-state index in [0.29, 0.717) is 6.42 Å². The van der Waals surface area contributed by atoms with Crippen LogP contribution in [0.4, 0.5) is 0 Å². The third-order valence-corrected chi connectivity index (χ3v) is 3.15. The summed E-state index contributed by atoms with van der Waals surface area (Å²) in [4.78, 5) is 15.3. The average Bonchev–Trinajstić information content (AvgIpc) is 2.27. The number of hydrogen-bond donors (Lipinski definition) is 2. The van der Waals surface area contributed by atoms with Gasteiger partial charge in [-0.05, 0) is 18.1 Å². The smallest absolute Gasteiger partial charge is 0.327 e. The average molecular weight is 240 g/mol. The van der Waals surface area contributed by atoms with Gasteiger partial charge in [-0.15, -0.1) is 0 Å². The van der Waals surface area contributed by atoms with Crippen LogP contribution < -0.4 is 11.4 Å². The summed E-state index contributed by atoms with van der Waals surface area (Å²) in [5.41, 5.74) is 4.46. The Morgan fingerprint density at radius 2 is 2.25 bits per heavy atom. The van der Waals surface area contributed by atoms with Crippen LogP contribution in [0.5, 0.6) is 0 Å². The van der Waals surface area contributed by atoms with Crippen LogP contribution in [-0.4, -0.2) is 11.7 Å². The van der Waals surface area contributed by atoms with E-state index in [9.17, 15) is 4.79 Å². The molecule has 0 bridgehead atoms. The zero-order valence-corrected chi connectivity index (χ0v) is 10.0. The summed E-state index contributed by atoms with van der Waals surface area (Å²) in [5, 5.41) is 0. The lowest BCUT2D eigenvalue weighted by molar-refractivity contribution is -0.150. The monoisotopic (exact) mass is 240 g/mol. The largest absolute Gasteiger partial charge is 0.356 e. The Labute approximate surface area is 99.5 Å². The summed E-state index contributed by atoms with van der Waals surface area (Å²) in [7, 11) is 0. The Hall–Kier alpha value is -1.04. The predicted octanol–water partition coefficient (Wildman–Crippen LogP) is 1.54. The Morgan fingerprint density at radius 1 is 1.50 bits per heavy atom. The summed E-state index contributed by atoms with van der Waals surface area (Å²) in [5.74, 6) is 6.15. The van der Waals surface area contributed by atoms with Gasteiger partial charge in [0.15, 0.2) is 0 Å². The molecule has 4 nitrogen and oxygen atoms in total. The number of aryl methyl sites for hydroxylation is 1. The van der Waals surface area contributed by atoms with Crippen LogP contribution in [0, 0.1) is 6.92 Å². The second-order valence-corrected chi connectivity index (χ2v) is 4.43. The molecule has 0 aliphatic carbocycles. The molecule has 88 valence electrons. The quantitative estimate of drug-likeness (QED) is 0.448. The van der Waals surface area contributed by atoms with E-state index in [0.717, 1.165) is 11.5 Å². The first-order valence-electron chi connectivity index (χ1n) is 5.01. The molecule has 0 aliphatic heterocycles. The van der Waals surface area contributed by atoms with Crippen molar-refractivity contribution >= 4 is 17.7 Å². The number of benzene rings is 1. The van der Waals surface area contributed by atoms with Gasteiger partial charge in [0.2, 0.25) is 0 Å². The van der Waals surface area contributed by atoms with Crippen molar-refractivity contribution in [1.29, 1.82) is 0 Å². The van der Waals surface area contributed by atoms with E-state index in [-0.39, 0.29) is 5.97 Å². The topological polar surface area (TPSA) is 64.3 Å². The molecule has 0 atom stereocenters. The van der Waals surface area contributed by atoms with E-state index >= 15 is 0 Å². The summed E-state index contributed by atoms with van der Waals surface area (Å²) < 4.78 is 0. The van der Waals surface area contributed by atoms with Crippen molar-refractivity contribution in [3.63, 3.8) is 0 Å². The maximum atomic E-state index is 10.9. The minimum atomic E-state index is -0.334. The first kappa shape index (κ1) is 13.0.